The molecule has 0 atom stereocenters. The second-order valence-corrected chi connectivity index (χ2v) is 8.35. The van der Waals surface area contributed by atoms with Crippen LogP contribution in [0.1, 0.15) is 28.2 Å². The van der Waals surface area contributed by atoms with Crippen LogP contribution in [0, 0.1) is 0 Å². The SMILES string of the molecule is O=C(CCCc1ccccc1)N1CC(N2CCN(C(=O)c3nccs3)CC2)C1. The van der Waals surface area contributed by atoms with Gasteiger partial charge in [-0.2, -0.15) is 0 Å². The fourth-order valence-electron chi connectivity index (χ4n) is 3.89. The molecule has 2 aliphatic heterocycles. The molecule has 2 saturated heterocycles. The first-order chi connectivity index (χ1) is 13.7. The average molecular weight is 399 g/mol. The molecule has 1 aromatic heterocycles. The Labute approximate surface area is 169 Å². The second-order valence-electron chi connectivity index (χ2n) is 7.46. The highest BCUT2D eigenvalue weighted by Crippen LogP contribution is 2.20. The first-order valence-corrected chi connectivity index (χ1v) is 10.8. The number of likely N-dealkylation sites (tertiary alicyclic amines) is 1. The molecule has 0 unspecified atom stereocenters. The molecule has 0 saturated carbocycles. The van der Waals surface area contributed by atoms with Crippen LogP contribution in [0.2, 0.25) is 0 Å². The molecule has 7 heteroatoms. The third-order valence-corrected chi connectivity index (χ3v) is 6.41. The summed E-state index contributed by atoms with van der Waals surface area (Å²) in [5, 5.41) is 2.41. The summed E-state index contributed by atoms with van der Waals surface area (Å²) < 4.78 is 0. The molecule has 2 aromatic rings. The van der Waals surface area contributed by atoms with Gasteiger partial charge in [-0.25, -0.2) is 4.98 Å². The largest absolute Gasteiger partial charge is 0.339 e. The molecule has 0 bridgehead atoms. The van der Waals surface area contributed by atoms with Crippen molar-refractivity contribution < 1.29 is 9.59 Å². The van der Waals surface area contributed by atoms with E-state index in [-0.39, 0.29) is 11.8 Å². The van der Waals surface area contributed by atoms with Crippen molar-refractivity contribution in [3.05, 3.63) is 52.5 Å². The van der Waals surface area contributed by atoms with Crippen molar-refractivity contribution in [2.75, 3.05) is 39.3 Å². The van der Waals surface area contributed by atoms with Gasteiger partial charge in [-0.05, 0) is 18.4 Å². The molecule has 28 heavy (non-hydrogen) atoms. The number of rotatable bonds is 6. The Morgan fingerprint density at radius 3 is 2.46 bits per heavy atom. The van der Waals surface area contributed by atoms with Crippen LogP contribution in [0.3, 0.4) is 0 Å². The summed E-state index contributed by atoms with van der Waals surface area (Å²) >= 11 is 1.40. The Morgan fingerprint density at radius 2 is 1.79 bits per heavy atom. The molecular formula is C21H26N4O2S. The topological polar surface area (TPSA) is 56.8 Å². The molecule has 2 amide bonds. The summed E-state index contributed by atoms with van der Waals surface area (Å²) in [5.41, 5.74) is 1.29. The lowest BCUT2D eigenvalue weighted by Crippen LogP contribution is -2.64. The van der Waals surface area contributed by atoms with Gasteiger partial charge < -0.3 is 9.80 Å². The van der Waals surface area contributed by atoms with Crippen LogP contribution in [0.5, 0.6) is 0 Å². The zero-order chi connectivity index (χ0) is 19.3. The number of piperazine rings is 1. The molecule has 148 valence electrons. The first-order valence-electron chi connectivity index (χ1n) is 9.95. The third-order valence-electron chi connectivity index (χ3n) is 5.65. The van der Waals surface area contributed by atoms with Crippen molar-refractivity contribution in [1.29, 1.82) is 0 Å². The van der Waals surface area contributed by atoms with Gasteiger partial charge in [0, 0.05) is 63.3 Å². The number of carbonyl (C=O) groups is 2. The van der Waals surface area contributed by atoms with Crippen molar-refractivity contribution in [2.45, 2.75) is 25.3 Å². The van der Waals surface area contributed by atoms with E-state index in [9.17, 15) is 9.59 Å². The molecule has 0 N–H and O–H groups in total. The van der Waals surface area contributed by atoms with Crippen LogP contribution >= 0.6 is 11.3 Å². The van der Waals surface area contributed by atoms with Gasteiger partial charge in [0.1, 0.15) is 0 Å². The van der Waals surface area contributed by atoms with Gasteiger partial charge in [0.05, 0.1) is 0 Å². The number of hydrogen-bond acceptors (Lipinski definition) is 5. The molecule has 0 spiro atoms. The minimum absolute atomic E-state index is 0.0403. The van der Waals surface area contributed by atoms with E-state index in [1.165, 1.54) is 16.9 Å². The summed E-state index contributed by atoms with van der Waals surface area (Å²) in [6.07, 6.45) is 4.16. The number of aryl methyl sites for hydroxylation is 1. The van der Waals surface area contributed by atoms with Crippen molar-refractivity contribution in [1.82, 2.24) is 19.7 Å². The van der Waals surface area contributed by atoms with Gasteiger partial charge in [0.25, 0.3) is 5.91 Å². The predicted molar refractivity (Wildman–Crippen MR) is 109 cm³/mol. The van der Waals surface area contributed by atoms with Crippen molar-refractivity contribution in [2.24, 2.45) is 0 Å². The zero-order valence-corrected chi connectivity index (χ0v) is 16.8. The minimum atomic E-state index is 0.0403. The Bertz CT molecular complexity index is 782. The lowest BCUT2D eigenvalue weighted by Gasteiger charge is -2.48. The Kier molecular flexibility index (Phi) is 6.02. The molecule has 2 aliphatic rings. The van der Waals surface area contributed by atoms with Crippen LogP contribution < -0.4 is 0 Å². The van der Waals surface area contributed by atoms with E-state index in [0.29, 0.717) is 17.5 Å². The standard InChI is InChI=1S/C21H26N4O2S/c26-19(8-4-7-17-5-2-1-3-6-17)25-15-18(16-25)23-10-12-24(13-11-23)21(27)20-22-9-14-28-20/h1-3,5-6,9,14,18H,4,7-8,10-13,15-16H2. The number of thiazole rings is 1. The van der Waals surface area contributed by atoms with Gasteiger partial charge in [-0.1, -0.05) is 30.3 Å². The number of carbonyl (C=O) groups excluding carboxylic acids is 2. The minimum Gasteiger partial charge on any atom is -0.339 e. The average Bonchev–Trinajstić information content (AvgIpc) is 3.22. The van der Waals surface area contributed by atoms with E-state index < -0.39 is 0 Å². The van der Waals surface area contributed by atoms with E-state index in [2.05, 4.69) is 22.0 Å². The number of nitrogens with zero attached hydrogens (tertiary/aromatic N) is 4. The highest BCUT2D eigenvalue weighted by atomic mass is 32.1. The molecule has 0 aliphatic carbocycles. The van der Waals surface area contributed by atoms with E-state index in [4.69, 9.17) is 0 Å². The zero-order valence-electron chi connectivity index (χ0n) is 16.0. The number of benzene rings is 1. The summed E-state index contributed by atoms with van der Waals surface area (Å²) in [6, 6.07) is 10.8. The smallest absolute Gasteiger partial charge is 0.282 e. The van der Waals surface area contributed by atoms with Crippen molar-refractivity contribution in [3.63, 3.8) is 0 Å². The highest BCUT2D eigenvalue weighted by Gasteiger charge is 2.36. The van der Waals surface area contributed by atoms with E-state index in [0.717, 1.165) is 52.1 Å². The van der Waals surface area contributed by atoms with Gasteiger partial charge >= 0.3 is 0 Å². The molecule has 4 rings (SSSR count). The van der Waals surface area contributed by atoms with Gasteiger partial charge in [0.15, 0.2) is 5.01 Å². The maximum Gasteiger partial charge on any atom is 0.282 e. The maximum atomic E-state index is 12.4. The van der Waals surface area contributed by atoms with Crippen LogP contribution in [0.15, 0.2) is 41.9 Å². The monoisotopic (exact) mass is 398 g/mol. The van der Waals surface area contributed by atoms with Crippen LogP contribution in [0.4, 0.5) is 0 Å². The van der Waals surface area contributed by atoms with Crippen LogP contribution in [-0.2, 0) is 11.2 Å². The molecule has 0 radical (unpaired) electrons. The molecule has 2 fully saturated rings. The summed E-state index contributed by atoms with van der Waals surface area (Å²) in [7, 11) is 0. The van der Waals surface area contributed by atoms with Crippen molar-refractivity contribution in [3.8, 4) is 0 Å². The van der Waals surface area contributed by atoms with Gasteiger partial charge in [-0.3, -0.25) is 14.5 Å². The fourth-order valence-corrected chi connectivity index (χ4v) is 4.49. The van der Waals surface area contributed by atoms with Crippen molar-refractivity contribution >= 4 is 23.2 Å². The van der Waals surface area contributed by atoms with E-state index in [1.54, 1.807) is 6.20 Å². The Balaban J connectivity index is 1.15. The van der Waals surface area contributed by atoms with Gasteiger partial charge in [0.2, 0.25) is 5.91 Å². The van der Waals surface area contributed by atoms with E-state index >= 15 is 0 Å². The Morgan fingerprint density at radius 1 is 1.04 bits per heavy atom. The summed E-state index contributed by atoms with van der Waals surface area (Å²) in [6.45, 7) is 4.87. The molecule has 6 nitrogen and oxygen atoms in total. The lowest BCUT2D eigenvalue weighted by molar-refractivity contribution is -0.139. The fraction of sp³-hybridized carbons (Fsp3) is 0.476. The Hall–Kier alpha value is -2.25. The predicted octanol–water partition coefficient (Wildman–Crippen LogP) is 2.13. The molecule has 3 heterocycles. The molecule has 1 aromatic carbocycles. The van der Waals surface area contributed by atoms with Crippen LogP contribution in [-0.4, -0.2) is 76.8 Å². The maximum absolute atomic E-state index is 12.4. The number of aromatic nitrogens is 1. The van der Waals surface area contributed by atoms with Gasteiger partial charge in [-0.15, -0.1) is 11.3 Å². The number of amides is 2. The normalized spacial score (nSPS) is 18.1. The highest BCUT2D eigenvalue weighted by molar-refractivity contribution is 7.11. The molecular weight excluding hydrogens is 372 g/mol. The quantitative estimate of drug-likeness (QED) is 0.748. The second kappa shape index (κ2) is 8.84. The lowest BCUT2D eigenvalue weighted by atomic mass is 10.0. The summed E-state index contributed by atoms with van der Waals surface area (Å²) in [4.78, 5) is 35.1. The number of hydrogen-bond donors (Lipinski definition) is 0. The van der Waals surface area contributed by atoms with E-state index in [1.807, 2.05) is 33.4 Å². The van der Waals surface area contributed by atoms with Crippen LogP contribution in [0.25, 0.3) is 0 Å². The summed E-state index contributed by atoms with van der Waals surface area (Å²) in [5.74, 6) is 0.309. The first kappa shape index (κ1) is 19.1. The third kappa shape index (κ3) is 4.42.